The van der Waals surface area contributed by atoms with Gasteiger partial charge in [-0.25, -0.2) is 9.97 Å². The number of aromatic nitrogens is 2. The van der Waals surface area contributed by atoms with Crippen LogP contribution in [0.25, 0.3) is 0 Å². The van der Waals surface area contributed by atoms with Gasteiger partial charge in [0.25, 0.3) is 0 Å². The number of rotatable bonds is 6. The second-order valence-electron chi connectivity index (χ2n) is 4.81. The highest BCUT2D eigenvalue weighted by molar-refractivity contribution is 7.99. The maximum absolute atomic E-state index is 11.7. The first-order valence-electron chi connectivity index (χ1n) is 6.26. The van der Waals surface area contributed by atoms with Gasteiger partial charge in [0.1, 0.15) is 5.54 Å². The predicted octanol–water partition coefficient (Wildman–Crippen LogP) is 1.94. The largest absolute Gasteiger partial charge is 0.465 e. The highest BCUT2D eigenvalue weighted by Gasteiger charge is 2.32. The summed E-state index contributed by atoms with van der Waals surface area (Å²) in [5.41, 5.74) is 6.04. The van der Waals surface area contributed by atoms with E-state index >= 15 is 0 Å². The van der Waals surface area contributed by atoms with Crippen molar-refractivity contribution in [2.24, 2.45) is 5.73 Å². The Hall–Kier alpha value is -1.14. The highest BCUT2D eigenvalue weighted by atomic mass is 32.2. The lowest BCUT2D eigenvalue weighted by atomic mass is 9.98. The van der Waals surface area contributed by atoms with Crippen LogP contribution in [0.15, 0.2) is 17.6 Å². The Kier molecular flexibility index (Phi) is 5.75. The van der Waals surface area contributed by atoms with Crippen LogP contribution in [0.2, 0.25) is 0 Å². The van der Waals surface area contributed by atoms with Crippen molar-refractivity contribution in [2.75, 3.05) is 6.61 Å². The van der Waals surface area contributed by atoms with E-state index in [1.54, 1.807) is 26.2 Å². The summed E-state index contributed by atoms with van der Waals surface area (Å²) in [5, 5.41) is 0.819. The lowest BCUT2D eigenvalue weighted by Crippen LogP contribution is -2.47. The van der Waals surface area contributed by atoms with Crippen LogP contribution in [-0.2, 0) is 9.53 Å². The van der Waals surface area contributed by atoms with E-state index in [4.69, 9.17) is 10.5 Å². The average Bonchev–Trinajstić information content (AvgIpc) is 2.31. The molecule has 2 N–H and O–H groups in total. The van der Waals surface area contributed by atoms with Gasteiger partial charge in [-0.15, -0.1) is 0 Å². The number of thioether (sulfide) groups is 1. The fourth-order valence-electron chi connectivity index (χ4n) is 1.64. The molecule has 0 radical (unpaired) electrons. The maximum atomic E-state index is 11.7. The van der Waals surface area contributed by atoms with Crippen molar-refractivity contribution >= 4 is 17.7 Å². The van der Waals surface area contributed by atoms with Crippen molar-refractivity contribution < 1.29 is 9.53 Å². The molecule has 0 aliphatic carbocycles. The molecule has 0 fully saturated rings. The van der Waals surface area contributed by atoms with Crippen LogP contribution in [0.1, 0.15) is 32.8 Å². The zero-order chi connectivity index (χ0) is 14.5. The lowest BCUT2D eigenvalue weighted by molar-refractivity contribution is -0.149. The summed E-state index contributed by atoms with van der Waals surface area (Å²) < 4.78 is 4.97. The number of esters is 1. The van der Waals surface area contributed by atoms with Crippen LogP contribution < -0.4 is 5.73 Å². The molecule has 19 heavy (non-hydrogen) atoms. The van der Waals surface area contributed by atoms with E-state index in [2.05, 4.69) is 9.97 Å². The molecule has 5 nitrogen and oxygen atoms in total. The molecule has 0 amide bonds. The zero-order valence-corrected chi connectivity index (χ0v) is 12.7. The molecule has 0 aliphatic heterocycles. The molecule has 1 rings (SSSR count). The summed E-state index contributed by atoms with van der Waals surface area (Å²) in [5.74, 6) is -0.368. The fourth-order valence-corrected chi connectivity index (χ4v) is 2.66. The molecule has 106 valence electrons. The van der Waals surface area contributed by atoms with Crippen LogP contribution in [0.5, 0.6) is 0 Å². The molecule has 2 atom stereocenters. The van der Waals surface area contributed by atoms with Gasteiger partial charge in [0.2, 0.25) is 0 Å². The fraction of sp³-hybridized carbons (Fsp3) is 0.615. The van der Waals surface area contributed by atoms with E-state index < -0.39 is 5.54 Å². The summed E-state index contributed by atoms with van der Waals surface area (Å²) in [4.78, 5) is 20.2. The second kappa shape index (κ2) is 6.86. The number of nitrogens with zero attached hydrogens (tertiary/aromatic N) is 2. The van der Waals surface area contributed by atoms with E-state index in [1.807, 2.05) is 13.8 Å². The van der Waals surface area contributed by atoms with Crippen molar-refractivity contribution in [3.8, 4) is 0 Å². The summed E-state index contributed by atoms with van der Waals surface area (Å²) in [6, 6.07) is 0. The topological polar surface area (TPSA) is 78.1 Å². The molecule has 0 aliphatic rings. The van der Waals surface area contributed by atoms with E-state index in [9.17, 15) is 4.79 Å². The normalized spacial score (nSPS) is 15.6. The minimum Gasteiger partial charge on any atom is -0.465 e. The smallest absolute Gasteiger partial charge is 0.325 e. The molecule has 0 spiro atoms. The number of aryl methyl sites for hydroxylation is 1. The van der Waals surface area contributed by atoms with E-state index in [0.717, 1.165) is 5.56 Å². The third-order valence-electron chi connectivity index (χ3n) is 2.52. The number of hydrogen-bond acceptors (Lipinski definition) is 6. The van der Waals surface area contributed by atoms with Gasteiger partial charge in [0.05, 0.1) is 6.61 Å². The van der Waals surface area contributed by atoms with Gasteiger partial charge in [-0.3, -0.25) is 4.79 Å². The molecule has 1 aromatic heterocycles. The molecule has 2 unspecified atom stereocenters. The summed E-state index contributed by atoms with van der Waals surface area (Å²) in [6.07, 6.45) is 4.05. The SMILES string of the molecule is CCOC(=O)C(C)(N)CC(C)Sc1ncc(C)cn1. The monoisotopic (exact) mass is 283 g/mol. The Morgan fingerprint density at radius 3 is 2.63 bits per heavy atom. The summed E-state index contributed by atoms with van der Waals surface area (Å²) in [6.45, 7) is 7.74. The minimum atomic E-state index is -0.979. The minimum absolute atomic E-state index is 0.127. The number of nitrogens with two attached hydrogens (primary N) is 1. The van der Waals surface area contributed by atoms with Gasteiger partial charge < -0.3 is 10.5 Å². The van der Waals surface area contributed by atoms with Crippen LogP contribution in [0, 0.1) is 6.92 Å². The number of carbonyl (C=O) groups excluding carboxylic acids is 1. The Bertz CT molecular complexity index is 420. The van der Waals surface area contributed by atoms with Crippen LogP contribution in [0.3, 0.4) is 0 Å². The molecule has 0 saturated heterocycles. The quantitative estimate of drug-likeness (QED) is 0.488. The van der Waals surface area contributed by atoms with Crippen molar-refractivity contribution in [1.82, 2.24) is 9.97 Å². The van der Waals surface area contributed by atoms with Crippen LogP contribution >= 0.6 is 11.8 Å². The summed E-state index contributed by atoms with van der Waals surface area (Å²) in [7, 11) is 0. The molecule has 0 bridgehead atoms. The van der Waals surface area contributed by atoms with Gasteiger partial charge >= 0.3 is 5.97 Å². The Labute approximate surface area is 118 Å². The van der Waals surface area contributed by atoms with Crippen molar-refractivity contribution in [1.29, 1.82) is 0 Å². The standard InChI is InChI=1S/C13H21N3O2S/c1-5-18-11(17)13(4,14)6-10(3)19-12-15-7-9(2)8-16-12/h7-8,10H,5-6,14H2,1-4H3. The zero-order valence-electron chi connectivity index (χ0n) is 11.8. The lowest BCUT2D eigenvalue weighted by Gasteiger charge is -2.25. The molecular formula is C13H21N3O2S. The average molecular weight is 283 g/mol. The van der Waals surface area contributed by atoms with Crippen molar-refractivity contribution in [3.05, 3.63) is 18.0 Å². The summed E-state index contributed by atoms with van der Waals surface area (Å²) >= 11 is 1.50. The molecular weight excluding hydrogens is 262 g/mol. The third-order valence-corrected chi connectivity index (χ3v) is 3.51. The highest BCUT2D eigenvalue weighted by Crippen LogP contribution is 2.25. The number of hydrogen-bond donors (Lipinski definition) is 1. The van der Waals surface area contributed by atoms with Crippen LogP contribution in [0.4, 0.5) is 0 Å². The number of ether oxygens (including phenoxy) is 1. The van der Waals surface area contributed by atoms with Crippen LogP contribution in [-0.4, -0.2) is 33.3 Å². The number of carbonyl (C=O) groups is 1. The molecule has 1 heterocycles. The molecule has 0 saturated carbocycles. The van der Waals surface area contributed by atoms with E-state index in [-0.39, 0.29) is 11.2 Å². The molecule has 6 heteroatoms. The van der Waals surface area contributed by atoms with Gasteiger partial charge in [0.15, 0.2) is 5.16 Å². The first-order chi connectivity index (χ1) is 8.85. The Balaban J connectivity index is 2.56. The maximum Gasteiger partial charge on any atom is 0.325 e. The first kappa shape index (κ1) is 15.9. The first-order valence-corrected chi connectivity index (χ1v) is 7.14. The predicted molar refractivity (Wildman–Crippen MR) is 75.9 cm³/mol. The van der Waals surface area contributed by atoms with E-state index in [1.165, 1.54) is 11.8 Å². The molecule has 1 aromatic rings. The van der Waals surface area contributed by atoms with Crippen molar-refractivity contribution in [3.63, 3.8) is 0 Å². The third kappa shape index (κ3) is 5.16. The van der Waals surface area contributed by atoms with Gasteiger partial charge in [0, 0.05) is 17.6 Å². The van der Waals surface area contributed by atoms with Gasteiger partial charge in [-0.05, 0) is 32.8 Å². The Morgan fingerprint density at radius 2 is 2.11 bits per heavy atom. The Morgan fingerprint density at radius 1 is 1.53 bits per heavy atom. The second-order valence-corrected chi connectivity index (χ2v) is 6.22. The van der Waals surface area contributed by atoms with Gasteiger partial charge in [-0.1, -0.05) is 18.7 Å². The van der Waals surface area contributed by atoms with Gasteiger partial charge in [-0.2, -0.15) is 0 Å². The van der Waals surface area contributed by atoms with Crippen molar-refractivity contribution in [2.45, 2.75) is 50.1 Å². The molecule has 0 aromatic carbocycles. The van der Waals surface area contributed by atoms with E-state index in [0.29, 0.717) is 18.2 Å².